The fourth-order valence-corrected chi connectivity index (χ4v) is 8.80. The number of hydrogen-bond donors (Lipinski definition) is 2. The van der Waals surface area contributed by atoms with Crippen LogP contribution >= 0.6 is 0 Å². The lowest BCUT2D eigenvalue weighted by Crippen LogP contribution is -2.72. The largest absolute Gasteiger partial charge is 0.469 e. The van der Waals surface area contributed by atoms with Gasteiger partial charge >= 0.3 is 12.1 Å². The second-order valence-corrected chi connectivity index (χ2v) is 14.2. The molecule has 270 valence electrons. The Morgan fingerprint density at radius 1 is 0.804 bits per heavy atom. The van der Waals surface area contributed by atoms with Gasteiger partial charge in [0, 0.05) is 44.1 Å². The van der Waals surface area contributed by atoms with Crippen molar-refractivity contribution in [1.29, 1.82) is 0 Å². The van der Waals surface area contributed by atoms with Gasteiger partial charge in [-0.05, 0) is 66.7 Å². The van der Waals surface area contributed by atoms with E-state index in [1.165, 1.54) is 23.1 Å². The molecule has 0 radical (unpaired) electrons. The Bertz CT molecular complexity index is 1650. The van der Waals surface area contributed by atoms with E-state index in [1.807, 2.05) is 24.3 Å². The number of likely N-dealkylation sites (tertiary alicyclic amines) is 1. The molecule has 2 aromatic carbocycles. The number of esters is 1. The molecule has 8 rings (SSSR count). The molecule has 13 nitrogen and oxygen atoms in total. The lowest BCUT2D eigenvalue weighted by Gasteiger charge is -2.56. The summed E-state index contributed by atoms with van der Waals surface area (Å²) in [7, 11) is 1.22. The van der Waals surface area contributed by atoms with Crippen molar-refractivity contribution in [2.24, 2.45) is 11.8 Å². The number of carbonyl (C=O) groups is 6. The average molecular weight is 700 g/mol. The van der Waals surface area contributed by atoms with Crippen molar-refractivity contribution in [1.82, 2.24) is 25.3 Å². The van der Waals surface area contributed by atoms with Crippen molar-refractivity contribution in [2.75, 3.05) is 46.4 Å². The number of carbonyl (C=O) groups excluding carboxylic acids is 6. The third-order valence-electron chi connectivity index (χ3n) is 11.4. The van der Waals surface area contributed by atoms with Crippen molar-refractivity contribution in [2.45, 2.75) is 69.0 Å². The Morgan fingerprint density at radius 2 is 1.43 bits per heavy atom. The summed E-state index contributed by atoms with van der Waals surface area (Å²) in [5, 5.41) is 5.59. The van der Waals surface area contributed by atoms with Gasteiger partial charge in [0.25, 0.3) is 0 Å². The Labute approximate surface area is 297 Å². The first kappa shape index (κ1) is 34.5. The topological polar surface area (TPSA) is 155 Å². The number of hydrogen-bond acceptors (Lipinski definition) is 8. The van der Waals surface area contributed by atoms with Gasteiger partial charge in [-0.2, -0.15) is 0 Å². The summed E-state index contributed by atoms with van der Waals surface area (Å²) in [4.78, 5) is 82.9. The highest BCUT2D eigenvalue weighted by Gasteiger charge is 2.55. The number of piperazine rings is 1. The zero-order valence-corrected chi connectivity index (χ0v) is 28.9. The number of amides is 5. The third-order valence-corrected chi connectivity index (χ3v) is 11.4. The van der Waals surface area contributed by atoms with Crippen molar-refractivity contribution < 1.29 is 38.2 Å². The number of ether oxygens (including phenoxy) is 2. The van der Waals surface area contributed by atoms with E-state index in [1.54, 1.807) is 9.80 Å². The summed E-state index contributed by atoms with van der Waals surface area (Å²) in [5.41, 5.74) is 4.64. The maximum atomic E-state index is 13.7. The number of methoxy groups -OCH3 is 1. The van der Waals surface area contributed by atoms with Gasteiger partial charge < -0.3 is 34.8 Å². The van der Waals surface area contributed by atoms with Crippen LogP contribution in [0.5, 0.6) is 0 Å². The minimum atomic E-state index is -1.09. The second kappa shape index (κ2) is 14.7. The molecule has 5 amide bonds. The first-order valence-corrected chi connectivity index (χ1v) is 18.1. The summed E-state index contributed by atoms with van der Waals surface area (Å²) in [6, 6.07) is 14.7. The molecule has 0 aromatic heterocycles. The third kappa shape index (κ3) is 6.77. The molecule has 0 spiro atoms. The minimum Gasteiger partial charge on any atom is -0.469 e. The van der Waals surface area contributed by atoms with Gasteiger partial charge in [-0.25, -0.2) is 4.79 Å². The highest BCUT2D eigenvalue weighted by molar-refractivity contribution is 6.01. The molecule has 4 heterocycles. The van der Waals surface area contributed by atoms with E-state index in [4.69, 9.17) is 9.47 Å². The standard InChI is InChI=1S/C38H45N5O8/c1-50-33(45)20-31-36(47)43-25-12-10-23(11-13-25)34(43)37(48)42(31)21-32(44)39-16-17-40-35(46)24-14-18-41(19-15-24)38(49)51-22-30-28-8-4-2-6-26(28)27-7-3-5-9-29(27)30/h2-9,23-25,30-31,34H,10-22H2,1H3,(H,39,44)(H,40,46)/t23?,25?,31-,34-/m0/s1. The summed E-state index contributed by atoms with van der Waals surface area (Å²) >= 11 is 0. The maximum Gasteiger partial charge on any atom is 0.409 e. The lowest BCUT2D eigenvalue weighted by molar-refractivity contribution is -0.178. The van der Waals surface area contributed by atoms with Gasteiger partial charge in [0.1, 0.15) is 25.2 Å². The van der Waals surface area contributed by atoms with Crippen LogP contribution in [0.15, 0.2) is 48.5 Å². The first-order valence-electron chi connectivity index (χ1n) is 18.1. The summed E-state index contributed by atoms with van der Waals surface area (Å²) in [6.45, 7) is 0.988. The van der Waals surface area contributed by atoms with Crippen LogP contribution in [0.2, 0.25) is 0 Å². The molecule has 6 aliphatic rings. The summed E-state index contributed by atoms with van der Waals surface area (Å²) in [6.07, 6.45) is 3.70. The molecule has 4 saturated heterocycles. The van der Waals surface area contributed by atoms with Gasteiger partial charge in [-0.15, -0.1) is 0 Å². The predicted octanol–water partition coefficient (Wildman–Crippen LogP) is 2.42. The Morgan fingerprint density at radius 3 is 2.08 bits per heavy atom. The predicted molar refractivity (Wildman–Crippen MR) is 184 cm³/mol. The minimum absolute atomic E-state index is 0.0173. The Balaban J connectivity index is 0.844. The van der Waals surface area contributed by atoms with Crippen molar-refractivity contribution in [3.05, 3.63) is 59.7 Å². The Hall–Kier alpha value is -4.94. The maximum absolute atomic E-state index is 13.7. The average Bonchev–Trinajstić information content (AvgIpc) is 3.49. The molecule has 2 aromatic rings. The van der Waals surface area contributed by atoms with Crippen LogP contribution in [-0.4, -0.2) is 115 Å². The van der Waals surface area contributed by atoms with Gasteiger partial charge in [-0.1, -0.05) is 48.5 Å². The fraction of sp³-hybridized carbons (Fsp3) is 0.526. The van der Waals surface area contributed by atoms with E-state index in [0.29, 0.717) is 25.9 Å². The van der Waals surface area contributed by atoms with E-state index in [9.17, 15) is 28.8 Å². The highest BCUT2D eigenvalue weighted by atomic mass is 16.6. The second-order valence-electron chi connectivity index (χ2n) is 14.2. The highest BCUT2D eigenvalue weighted by Crippen LogP contribution is 2.45. The molecule has 2 N–H and O–H groups in total. The quantitative estimate of drug-likeness (QED) is 0.283. The van der Waals surface area contributed by atoms with Crippen LogP contribution in [0.1, 0.15) is 62.0 Å². The van der Waals surface area contributed by atoms with Gasteiger partial charge in [0.15, 0.2) is 0 Å². The normalized spacial score (nSPS) is 24.1. The molecular formula is C38H45N5O8. The van der Waals surface area contributed by atoms with Crippen molar-refractivity contribution in [3.63, 3.8) is 0 Å². The van der Waals surface area contributed by atoms with Gasteiger partial charge in [0.05, 0.1) is 13.5 Å². The number of rotatable bonds is 10. The molecule has 51 heavy (non-hydrogen) atoms. The monoisotopic (exact) mass is 699 g/mol. The lowest BCUT2D eigenvalue weighted by atomic mass is 9.72. The van der Waals surface area contributed by atoms with Crippen LogP contribution < -0.4 is 10.6 Å². The van der Waals surface area contributed by atoms with E-state index in [-0.39, 0.29) is 80.3 Å². The molecule has 2 atom stereocenters. The van der Waals surface area contributed by atoms with E-state index < -0.39 is 24.0 Å². The molecule has 0 unspecified atom stereocenters. The van der Waals surface area contributed by atoms with Crippen molar-refractivity contribution in [3.8, 4) is 11.1 Å². The zero-order valence-electron chi connectivity index (χ0n) is 28.9. The summed E-state index contributed by atoms with van der Waals surface area (Å²) in [5.74, 6) is -2.11. The Kier molecular flexibility index (Phi) is 9.97. The zero-order chi connectivity index (χ0) is 35.6. The van der Waals surface area contributed by atoms with Crippen LogP contribution in [0.25, 0.3) is 11.1 Å². The number of nitrogens with zero attached hydrogens (tertiary/aromatic N) is 3. The first-order chi connectivity index (χ1) is 24.7. The SMILES string of the molecule is COC(=O)C[C@H]1C(=O)N2C3CCC(CC3)[C@H]2C(=O)N1CC(=O)NCCNC(=O)C1CCN(C(=O)OCC2c3ccccc3-c3ccccc32)CC1. The van der Waals surface area contributed by atoms with E-state index in [2.05, 4.69) is 34.9 Å². The van der Waals surface area contributed by atoms with E-state index in [0.717, 1.165) is 36.8 Å². The molecule has 13 heteroatoms. The van der Waals surface area contributed by atoms with Gasteiger partial charge in [0.2, 0.25) is 23.6 Å². The number of benzene rings is 2. The number of piperidine rings is 3. The molecule has 1 saturated carbocycles. The fourth-order valence-electron chi connectivity index (χ4n) is 8.80. The summed E-state index contributed by atoms with van der Waals surface area (Å²) < 4.78 is 10.6. The van der Waals surface area contributed by atoms with Crippen LogP contribution in [0, 0.1) is 11.8 Å². The van der Waals surface area contributed by atoms with Crippen LogP contribution in [0.3, 0.4) is 0 Å². The van der Waals surface area contributed by atoms with Crippen LogP contribution in [-0.2, 0) is 33.4 Å². The molecule has 2 bridgehead atoms. The van der Waals surface area contributed by atoms with Crippen LogP contribution in [0.4, 0.5) is 4.79 Å². The molecule has 4 aliphatic heterocycles. The van der Waals surface area contributed by atoms with Crippen molar-refractivity contribution >= 4 is 35.7 Å². The molecular weight excluding hydrogens is 654 g/mol. The molecule has 5 fully saturated rings. The van der Waals surface area contributed by atoms with Gasteiger partial charge in [-0.3, -0.25) is 24.0 Å². The van der Waals surface area contributed by atoms with E-state index >= 15 is 0 Å². The smallest absolute Gasteiger partial charge is 0.409 e. The number of fused-ring (bicyclic) bond motifs is 5. The number of nitrogens with one attached hydrogen (secondary N) is 2. The molecule has 2 aliphatic carbocycles.